The summed E-state index contributed by atoms with van der Waals surface area (Å²) in [4.78, 5) is 12.6. The molecule has 0 unspecified atom stereocenters. The summed E-state index contributed by atoms with van der Waals surface area (Å²) in [6, 6.07) is 7.99. The molecule has 0 spiro atoms. The van der Waals surface area contributed by atoms with E-state index in [2.05, 4.69) is 32.2 Å². The van der Waals surface area contributed by atoms with Gasteiger partial charge in [0.15, 0.2) is 0 Å². The molecular formula is C17H28N2O. The van der Waals surface area contributed by atoms with E-state index < -0.39 is 5.41 Å². The lowest BCUT2D eigenvalue weighted by Gasteiger charge is -2.30. The van der Waals surface area contributed by atoms with Gasteiger partial charge in [0.1, 0.15) is 0 Å². The Morgan fingerprint density at radius 3 is 2.15 bits per heavy atom. The van der Waals surface area contributed by atoms with E-state index in [-0.39, 0.29) is 11.3 Å². The molecule has 0 radical (unpaired) electrons. The molecule has 0 saturated carbocycles. The van der Waals surface area contributed by atoms with Gasteiger partial charge in [-0.25, -0.2) is 0 Å². The minimum atomic E-state index is -0.467. The molecule has 0 aromatic heterocycles. The Kier molecular flexibility index (Phi) is 5.35. The molecule has 1 rings (SSSR count). The highest BCUT2D eigenvalue weighted by molar-refractivity contribution is 5.96. The number of nitrogens with one attached hydrogen (secondary N) is 1. The first kappa shape index (κ1) is 16.7. The number of anilines is 1. The Labute approximate surface area is 122 Å². The first-order valence-corrected chi connectivity index (χ1v) is 7.41. The number of amides is 1. The maximum atomic E-state index is 12.6. The van der Waals surface area contributed by atoms with E-state index in [1.807, 2.05) is 32.0 Å². The van der Waals surface area contributed by atoms with Crippen molar-refractivity contribution in [2.24, 2.45) is 11.1 Å². The van der Waals surface area contributed by atoms with Crippen LogP contribution in [-0.4, -0.2) is 12.5 Å². The van der Waals surface area contributed by atoms with Crippen LogP contribution in [0.4, 0.5) is 5.69 Å². The number of para-hydroxylation sites is 1. The van der Waals surface area contributed by atoms with E-state index in [9.17, 15) is 4.79 Å². The van der Waals surface area contributed by atoms with Crippen LogP contribution in [0.5, 0.6) is 0 Å². The fraction of sp³-hybridized carbons (Fsp3) is 0.588. The second-order valence-corrected chi connectivity index (χ2v) is 6.44. The Hall–Kier alpha value is -1.35. The standard InChI is InChI=1S/C17H28N2O/c1-6-17(7-2,12-18)15(20)19-14-11-9-8-10-13(14)16(3,4)5/h8-11H,6-7,12,18H2,1-5H3,(H,19,20). The van der Waals surface area contributed by atoms with E-state index in [1.54, 1.807) is 0 Å². The fourth-order valence-corrected chi connectivity index (χ4v) is 2.45. The number of carbonyl (C=O) groups is 1. The number of benzene rings is 1. The van der Waals surface area contributed by atoms with Crippen LogP contribution in [0, 0.1) is 5.41 Å². The smallest absolute Gasteiger partial charge is 0.231 e. The van der Waals surface area contributed by atoms with Crippen molar-refractivity contribution in [2.75, 3.05) is 11.9 Å². The third-order valence-electron chi connectivity index (χ3n) is 4.21. The summed E-state index contributed by atoms with van der Waals surface area (Å²) >= 11 is 0. The summed E-state index contributed by atoms with van der Waals surface area (Å²) < 4.78 is 0. The second kappa shape index (κ2) is 6.40. The van der Waals surface area contributed by atoms with Gasteiger partial charge in [-0.05, 0) is 29.9 Å². The largest absolute Gasteiger partial charge is 0.329 e. The van der Waals surface area contributed by atoms with Gasteiger partial charge in [0, 0.05) is 12.2 Å². The van der Waals surface area contributed by atoms with E-state index in [4.69, 9.17) is 5.73 Å². The zero-order valence-corrected chi connectivity index (χ0v) is 13.4. The maximum absolute atomic E-state index is 12.6. The van der Waals surface area contributed by atoms with E-state index in [0.717, 1.165) is 24.1 Å². The third kappa shape index (κ3) is 3.40. The van der Waals surface area contributed by atoms with Crippen LogP contribution in [0.2, 0.25) is 0 Å². The number of nitrogens with two attached hydrogens (primary N) is 1. The van der Waals surface area contributed by atoms with Crippen molar-refractivity contribution in [3.05, 3.63) is 29.8 Å². The Balaban J connectivity index is 3.08. The lowest BCUT2D eigenvalue weighted by Crippen LogP contribution is -2.41. The van der Waals surface area contributed by atoms with Gasteiger partial charge in [-0.1, -0.05) is 52.8 Å². The third-order valence-corrected chi connectivity index (χ3v) is 4.21. The summed E-state index contributed by atoms with van der Waals surface area (Å²) in [6.45, 7) is 10.9. The molecule has 0 saturated heterocycles. The van der Waals surface area contributed by atoms with Crippen molar-refractivity contribution in [1.82, 2.24) is 0 Å². The summed E-state index contributed by atoms with van der Waals surface area (Å²) in [6.07, 6.45) is 1.51. The summed E-state index contributed by atoms with van der Waals surface area (Å²) in [7, 11) is 0. The van der Waals surface area contributed by atoms with Gasteiger partial charge in [-0.3, -0.25) is 4.79 Å². The lowest BCUT2D eigenvalue weighted by atomic mass is 9.80. The highest BCUT2D eigenvalue weighted by atomic mass is 16.2. The molecule has 3 N–H and O–H groups in total. The first-order valence-electron chi connectivity index (χ1n) is 7.41. The molecule has 112 valence electrons. The van der Waals surface area contributed by atoms with Crippen molar-refractivity contribution < 1.29 is 4.79 Å². The van der Waals surface area contributed by atoms with Gasteiger partial charge in [0.05, 0.1) is 5.41 Å². The Morgan fingerprint density at radius 1 is 1.15 bits per heavy atom. The Morgan fingerprint density at radius 2 is 1.70 bits per heavy atom. The van der Waals surface area contributed by atoms with Gasteiger partial charge in [-0.15, -0.1) is 0 Å². The minimum Gasteiger partial charge on any atom is -0.329 e. The van der Waals surface area contributed by atoms with Crippen LogP contribution in [-0.2, 0) is 10.2 Å². The number of hydrogen-bond donors (Lipinski definition) is 2. The molecule has 1 amide bonds. The molecule has 0 heterocycles. The highest BCUT2D eigenvalue weighted by Crippen LogP contribution is 2.32. The quantitative estimate of drug-likeness (QED) is 0.861. The zero-order chi connectivity index (χ0) is 15.4. The van der Waals surface area contributed by atoms with Crippen LogP contribution >= 0.6 is 0 Å². The SMILES string of the molecule is CCC(CC)(CN)C(=O)Nc1ccccc1C(C)(C)C. The van der Waals surface area contributed by atoms with Gasteiger partial charge >= 0.3 is 0 Å². The maximum Gasteiger partial charge on any atom is 0.231 e. The molecule has 1 aromatic carbocycles. The van der Waals surface area contributed by atoms with Crippen molar-refractivity contribution in [2.45, 2.75) is 52.9 Å². The van der Waals surface area contributed by atoms with Gasteiger partial charge < -0.3 is 11.1 Å². The normalized spacial score (nSPS) is 12.3. The molecule has 0 fully saturated rings. The topological polar surface area (TPSA) is 55.1 Å². The van der Waals surface area contributed by atoms with Gasteiger partial charge in [-0.2, -0.15) is 0 Å². The molecule has 0 aliphatic carbocycles. The van der Waals surface area contributed by atoms with E-state index in [1.165, 1.54) is 0 Å². The lowest BCUT2D eigenvalue weighted by molar-refractivity contribution is -0.125. The highest BCUT2D eigenvalue weighted by Gasteiger charge is 2.34. The predicted octanol–water partition coefficient (Wildman–Crippen LogP) is 3.69. The summed E-state index contributed by atoms with van der Waals surface area (Å²) in [5.74, 6) is 0.0294. The average molecular weight is 276 g/mol. The number of hydrogen-bond acceptors (Lipinski definition) is 2. The van der Waals surface area contributed by atoms with Crippen molar-refractivity contribution >= 4 is 11.6 Å². The van der Waals surface area contributed by atoms with Crippen molar-refractivity contribution in [1.29, 1.82) is 0 Å². The van der Waals surface area contributed by atoms with Gasteiger partial charge in [0.25, 0.3) is 0 Å². The molecule has 0 bridgehead atoms. The molecule has 20 heavy (non-hydrogen) atoms. The summed E-state index contributed by atoms with van der Waals surface area (Å²) in [5, 5.41) is 3.09. The number of carbonyl (C=O) groups excluding carboxylic acids is 1. The molecular weight excluding hydrogens is 248 g/mol. The van der Waals surface area contributed by atoms with Crippen LogP contribution in [0.15, 0.2) is 24.3 Å². The fourth-order valence-electron chi connectivity index (χ4n) is 2.45. The molecule has 3 heteroatoms. The molecule has 1 aromatic rings. The zero-order valence-electron chi connectivity index (χ0n) is 13.4. The van der Waals surface area contributed by atoms with Crippen LogP contribution in [0.1, 0.15) is 53.0 Å². The molecule has 0 atom stereocenters. The predicted molar refractivity (Wildman–Crippen MR) is 85.8 cm³/mol. The average Bonchev–Trinajstić information content (AvgIpc) is 2.41. The second-order valence-electron chi connectivity index (χ2n) is 6.44. The van der Waals surface area contributed by atoms with Crippen molar-refractivity contribution in [3.63, 3.8) is 0 Å². The van der Waals surface area contributed by atoms with Crippen LogP contribution in [0.3, 0.4) is 0 Å². The van der Waals surface area contributed by atoms with Crippen LogP contribution in [0.25, 0.3) is 0 Å². The number of rotatable bonds is 5. The Bertz CT molecular complexity index is 448. The monoisotopic (exact) mass is 276 g/mol. The van der Waals surface area contributed by atoms with Crippen molar-refractivity contribution in [3.8, 4) is 0 Å². The molecule has 0 aliphatic rings. The van der Waals surface area contributed by atoms with Gasteiger partial charge in [0.2, 0.25) is 5.91 Å². The van der Waals surface area contributed by atoms with E-state index >= 15 is 0 Å². The summed E-state index contributed by atoms with van der Waals surface area (Å²) in [5.41, 5.74) is 7.41. The molecule has 3 nitrogen and oxygen atoms in total. The van der Waals surface area contributed by atoms with E-state index in [0.29, 0.717) is 6.54 Å². The first-order chi connectivity index (χ1) is 9.30. The van der Waals surface area contributed by atoms with Crippen LogP contribution < -0.4 is 11.1 Å². The minimum absolute atomic E-state index is 0.00627. The molecule has 0 aliphatic heterocycles.